The maximum absolute atomic E-state index is 13.1. The Hall–Kier alpha value is -3.48. The number of unbranched alkanes of at least 4 members (excludes halogenated alkanes) is 16. The van der Waals surface area contributed by atoms with E-state index in [1.54, 1.807) is 0 Å². The van der Waals surface area contributed by atoms with E-state index in [9.17, 15) is 19.8 Å². The molecule has 0 heterocycles. The molecule has 3 N–H and O–H groups in total. The Morgan fingerprint density at radius 1 is 0.533 bits per heavy atom. The van der Waals surface area contributed by atoms with Crippen LogP contribution in [0.3, 0.4) is 0 Å². The van der Waals surface area contributed by atoms with Crippen molar-refractivity contribution in [1.82, 2.24) is 5.32 Å². The molecule has 0 spiro atoms. The third-order valence-electron chi connectivity index (χ3n) is 10.2. The van der Waals surface area contributed by atoms with Crippen LogP contribution in [-0.2, 0) is 14.3 Å². The number of hydrogen-bond acceptors (Lipinski definition) is 5. The van der Waals surface area contributed by atoms with Crippen molar-refractivity contribution in [2.24, 2.45) is 0 Å². The summed E-state index contributed by atoms with van der Waals surface area (Å²) in [5.41, 5.74) is 0. The molecule has 0 fully saturated rings. The van der Waals surface area contributed by atoms with Crippen molar-refractivity contribution in [1.29, 1.82) is 0 Å². The summed E-state index contributed by atoms with van der Waals surface area (Å²) in [5.74, 6) is -0.676. The molecule has 340 valence electrons. The van der Waals surface area contributed by atoms with Gasteiger partial charge in [-0.1, -0.05) is 226 Å². The smallest absolute Gasteiger partial charge is 0.306 e. The highest BCUT2D eigenvalue weighted by molar-refractivity contribution is 5.77. The first kappa shape index (κ1) is 56.5. The number of rotatable bonds is 41. The molecule has 3 unspecified atom stereocenters. The fourth-order valence-electron chi connectivity index (χ4n) is 6.56. The quantitative estimate of drug-likeness (QED) is 0.0247. The highest BCUT2D eigenvalue weighted by Gasteiger charge is 2.23. The zero-order chi connectivity index (χ0) is 43.8. The number of allylic oxidation sites excluding steroid dienone is 17. The standard InChI is InChI=1S/C54H89NO5/c1-4-7-10-13-16-19-22-25-26-29-30-33-36-39-42-45-50(60-54(59)47-44-41-38-35-32-28-24-21-18-15-12-9-6-3)48-53(58)55-51(49-56)52(57)46-43-40-37-34-31-27-23-20-17-14-11-8-5-2/h9,12,15-16,18-19,21,24-26,28,30,32-33,35,38-39,42,50-52,56-57H,4-8,10-11,13-14,17,20,22-23,27,29,31,34,36-37,40-41,43-49H2,1-3H3,(H,55,58)/b12-9+,18-15+,19-16-,24-21-,26-25-,32-28-,33-30-,38-35+,42-39-. The number of aliphatic hydroxyl groups is 2. The van der Waals surface area contributed by atoms with Gasteiger partial charge in [-0.15, -0.1) is 0 Å². The summed E-state index contributed by atoms with van der Waals surface area (Å²) >= 11 is 0. The first-order chi connectivity index (χ1) is 29.5. The molecular formula is C54H89NO5. The molecule has 6 heteroatoms. The van der Waals surface area contributed by atoms with Gasteiger partial charge in [-0.3, -0.25) is 9.59 Å². The molecule has 0 aliphatic heterocycles. The van der Waals surface area contributed by atoms with Crippen molar-refractivity contribution < 1.29 is 24.5 Å². The van der Waals surface area contributed by atoms with E-state index >= 15 is 0 Å². The predicted octanol–water partition coefficient (Wildman–Crippen LogP) is 14.3. The topological polar surface area (TPSA) is 95.9 Å². The van der Waals surface area contributed by atoms with Gasteiger partial charge in [0.05, 0.1) is 25.2 Å². The van der Waals surface area contributed by atoms with E-state index in [4.69, 9.17) is 4.74 Å². The molecule has 0 aliphatic rings. The molecule has 0 radical (unpaired) electrons. The van der Waals surface area contributed by atoms with Gasteiger partial charge >= 0.3 is 5.97 Å². The van der Waals surface area contributed by atoms with E-state index in [1.165, 1.54) is 83.5 Å². The van der Waals surface area contributed by atoms with Gasteiger partial charge in [0.15, 0.2) is 0 Å². The summed E-state index contributed by atoms with van der Waals surface area (Å²) < 4.78 is 5.81. The predicted molar refractivity (Wildman–Crippen MR) is 259 cm³/mol. The second kappa shape index (κ2) is 46.6. The van der Waals surface area contributed by atoms with Gasteiger partial charge in [0.1, 0.15) is 6.10 Å². The normalized spacial score (nSPS) is 14.3. The lowest BCUT2D eigenvalue weighted by Gasteiger charge is -2.24. The molecule has 0 aromatic heterocycles. The molecule has 0 saturated carbocycles. The molecule has 0 bridgehead atoms. The fourth-order valence-corrected chi connectivity index (χ4v) is 6.56. The average molecular weight is 832 g/mol. The maximum atomic E-state index is 13.1. The molecule has 3 atom stereocenters. The lowest BCUT2D eigenvalue weighted by molar-refractivity contribution is -0.150. The number of aliphatic hydroxyl groups excluding tert-OH is 2. The van der Waals surface area contributed by atoms with Crippen LogP contribution < -0.4 is 5.32 Å². The largest absolute Gasteiger partial charge is 0.461 e. The molecule has 6 nitrogen and oxygen atoms in total. The van der Waals surface area contributed by atoms with Crippen LogP contribution in [0.4, 0.5) is 0 Å². The van der Waals surface area contributed by atoms with Crippen molar-refractivity contribution in [2.75, 3.05) is 6.61 Å². The summed E-state index contributed by atoms with van der Waals surface area (Å²) in [7, 11) is 0. The van der Waals surface area contributed by atoms with E-state index in [0.29, 0.717) is 19.3 Å². The molecule has 0 saturated heterocycles. The van der Waals surface area contributed by atoms with Crippen LogP contribution >= 0.6 is 0 Å². The number of nitrogens with one attached hydrogen (secondary N) is 1. The molecule has 0 aliphatic carbocycles. The van der Waals surface area contributed by atoms with E-state index < -0.39 is 18.2 Å². The monoisotopic (exact) mass is 832 g/mol. The molecular weight excluding hydrogens is 743 g/mol. The van der Waals surface area contributed by atoms with Gasteiger partial charge in [0, 0.05) is 12.8 Å². The van der Waals surface area contributed by atoms with Crippen molar-refractivity contribution in [3.63, 3.8) is 0 Å². The minimum Gasteiger partial charge on any atom is -0.461 e. The van der Waals surface area contributed by atoms with Gasteiger partial charge in [-0.05, 0) is 57.8 Å². The van der Waals surface area contributed by atoms with Crippen LogP contribution in [0.15, 0.2) is 109 Å². The lowest BCUT2D eigenvalue weighted by atomic mass is 10.0. The number of hydrogen-bond donors (Lipinski definition) is 3. The number of esters is 1. The summed E-state index contributed by atoms with van der Waals surface area (Å²) in [6, 6.07) is -0.751. The maximum Gasteiger partial charge on any atom is 0.306 e. The minimum absolute atomic E-state index is 0.0337. The van der Waals surface area contributed by atoms with E-state index in [-0.39, 0.29) is 31.3 Å². The van der Waals surface area contributed by atoms with E-state index in [1.807, 2.05) is 66.8 Å². The third kappa shape index (κ3) is 41.3. The second-order valence-electron chi connectivity index (χ2n) is 15.9. The molecule has 0 aromatic carbocycles. The summed E-state index contributed by atoms with van der Waals surface area (Å²) in [4.78, 5) is 26.0. The Bertz CT molecular complexity index is 1250. The summed E-state index contributed by atoms with van der Waals surface area (Å²) in [6.45, 7) is 6.24. The van der Waals surface area contributed by atoms with Crippen LogP contribution in [0.1, 0.15) is 194 Å². The lowest BCUT2D eigenvalue weighted by Crippen LogP contribution is -2.46. The van der Waals surface area contributed by atoms with Gasteiger partial charge in [0.25, 0.3) is 0 Å². The Balaban J connectivity index is 4.87. The molecule has 0 aromatic rings. The van der Waals surface area contributed by atoms with Gasteiger partial charge in [-0.2, -0.15) is 0 Å². The van der Waals surface area contributed by atoms with Crippen molar-refractivity contribution in [3.05, 3.63) is 109 Å². The van der Waals surface area contributed by atoms with Crippen LogP contribution in [0, 0.1) is 0 Å². The molecule has 0 rings (SSSR count). The van der Waals surface area contributed by atoms with E-state index in [2.05, 4.69) is 68.6 Å². The number of amides is 1. The van der Waals surface area contributed by atoms with Crippen molar-refractivity contribution >= 4 is 11.9 Å². The highest BCUT2D eigenvalue weighted by Crippen LogP contribution is 2.15. The van der Waals surface area contributed by atoms with Crippen LogP contribution in [-0.4, -0.2) is 46.9 Å². The first-order valence-electron chi connectivity index (χ1n) is 24.2. The minimum atomic E-state index is -0.829. The van der Waals surface area contributed by atoms with Gasteiger partial charge in [0.2, 0.25) is 5.91 Å². The summed E-state index contributed by atoms with van der Waals surface area (Å²) in [5, 5.41) is 23.7. The van der Waals surface area contributed by atoms with E-state index in [0.717, 1.165) is 57.8 Å². The zero-order valence-electron chi connectivity index (χ0n) is 38.5. The Labute approximate surface area is 368 Å². The van der Waals surface area contributed by atoms with Crippen LogP contribution in [0.2, 0.25) is 0 Å². The van der Waals surface area contributed by atoms with Gasteiger partial charge in [-0.25, -0.2) is 0 Å². The third-order valence-corrected chi connectivity index (χ3v) is 10.2. The number of carbonyl (C=O) groups excluding carboxylic acids is 2. The summed E-state index contributed by atoms with van der Waals surface area (Å²) in [6.07, 6.45) is 63.1. The second-order valence-corrected chi connectivity index (χ2v) is 15.9. The number of carbonyl (C=O) groups is 2. The van der Waals surface area contributed by atoms with Crippen molar-refractivity contribution in [2.45, 2.75) is 212 Å². The Morgan fingerprint density at radius 3 is 1.55 bits per heavy atom. The first-order valence-corrected chi connectivity index (χ1v) is 24.2. The Kier molecular flexibility index (Phi) is 43.9. The molecule has 60 heavy (non-hydrogen) atoms. The fraction of sp³-hybridized carbons (Fsp3) is 0.630. The SMILES string of the molecule is CC/C=C/C=C/C=C\C=C/C=C/CCCC(=O)OC(C/C=C\C/C=C\C/C=C\C/C=C\CCCCC)CC(=O)NC(CO)C(O)CCCCCCCCCCCCCCC. The van der Waals surface area contributed by atoms with Gasteiger partial charge < -0.3 is 20.3 Å². The Morgan fingerprint density at radius 2 is 1.00 bits per heavy atom. The molecule has 1 amide bonds. The highest BCUT2D eigenvalue weighted by atomic mass is 16.5. The number of ether oxygens (including phenoxy) is 1. The average Bonchev–Trinajstić information content (AvgIpc) is 3.24. The van der Waals surface area contributed by atoms with Crippen LogP contribution in [0.25, 0.3) is 0 Å². The zero-order valence-corrected chi connectivity index (χ0v) is 38.5. The van der Waals surface area contributed by atoms with Crippen LogP contribution in [0.5, 0.6) is 0 Å². The van der Waals surface area contributed by atoms with Crippen molar-refractivity contribution in [3.8, 4) is 0 Å².